The van der Waals surface area contributed by atoms with Crippen LogP contribution in [0.4, 0.5) is 0 Å². The second-order valence-corrected chi connectivity index (χ2v) is 46.1. The summed E-state index contributed by atoms with van der Waals surface area (Å²) in [5.41, 5.74) is 3.10. The van der Waals surface area contributed by atoms with Crippen molar-refractivity contribution in [2.45, 2.75) is 394 Å². The number of carbonyl (C=O) groups excluding carboxylic acids is 10. The molecule has 6 unspecified atom stereocenters. The Labute approximate surface area is 861 Å². The third-order valence-electron chi connectivity index (χ3n) is 29.8. The molecule has 143 heavy (non-hydrogen) atoms. The number of thioether (sulfide) groups is 1. The average Bonchev–Trinajstić information content (AvgIpc) is 0.774. The van der Waals surface area contributed by atoms with Crippen LogP contribution in [0.15, 0.2) is 95.2 Å². The Balaban J connectivity index is 0.000000551. The molecule has 32 heteroatoms. The zero-order chi connectivity index (χ0) is 108. The normalized spacial score (nSPS) is 36.5. The highest BCUT2D eigenvalue weighted by Crippen LogP contribution is 2.44. The van der Waals surface area contributed by atoms with E-state index in [9.17, 15) is 82.6 Å². The van der Waals surface area contributed by atoms with E-state index in [1.807, 2.05) is 151 Å². The Bertz CT molecular complexity index is 4320. The fourth-order valence-corrected chi connectivity index (χ4v) is 23.0. The van der Waals surface area contributed by atoms with E-state index in [2.05, 4.69) is 0 Å². The SMILES string of the molecule is CC.CC.CC[P+](C)=O.CO[C@H]1C[C@@H]2CC[C@@H](C)[C@@](O)(O2)C(=O)C(=O)N2CCCC[C@H]2C(=O)OC([C@H](C)C[C@@H]2CCC(O)[C@H](OC)C2)CC(=O)[C@H](C)/C=C(\C)[C@@H](O)[C@@H](OC)C(=O)[C@H](C)C[C@H](C)/C=C/C=CC=C1C.CO[C@H]1C[C@@H]2CC[C@@H](C)[C@@](O)(O2)C(=O)C(=O)N2CCCC[C@H]2C(=O)OC([C@H](C)C[C@@H]2CCC(SC[P+](C)=O)[C@H](OC)C2)CC(=O)[C@H](C)/C=C(\C)[C@@H](O)[C@@H](OC)C(=O)[C@H](C)C[C@H](C)/C=C/C=CC=C1C. The zero-order valence-electron chi connectivity index (χ0n) is 91.3. The van der Waals surface area contributed by atoms with Crippen molar-refractivity contribution in [3.63, 3.8) is 0 Å². The summed E-state index contributed by atoms with van der Waals surface area (Å²) in [6.45, 7) is 38.9. The number of aliphatic hydroxyl groups is 5. The lowest BCUT2D eigenvalue weighted by molar-refractivity contribution is -0.265. The lowest BCUT2D eigenvalue weighted by Crippen LogP contribution is -2.61. The summed E-state index contributed by atoms with van der Waals surface area (Å²) in [4.78, 5) is 144. The number of hydrogen-bond donors (Lipinski definition) is 5. The minimum atomic E-state index is -2.43. The Morgan fingerprint density at radius 2 is 0.839 bits per heavy atom. The van der Waals surface area contributed by atoms with E-state index >= 15 is 0 Å². The van der Waals surface area contributed by atoms with Crippen LogP contribution in [0, 0.1) is 71.0 Å². The molecule has 812 valence electrons. The maximum Gasteiger partial charge on any atom is 0.346 e. The maximum atomic E-state index is 14.5. The first kappa shape index (κ1) is 129. The van der Waals surface area contributed by atoms with E-state index in [0.29, 0.717) is 119 Å². The number of esters is 2. The molecular formula is C111H182N2O27P2S+2. The van der Waals surface area contributed by atoms with Gasteiger partial charge in [-0.2, -0.15) is 0 Å². The molecule has 2 amide bonds. The molecule has 8 aliphatic rings. The van der Waals surface area contributed by atoms with Gasteiger partial charge in [0.15, 0.2) is 17.1 Å². The monoisotopic (exact) mass is 2070 g/mol. The minimum Gasteiger partial charge on any atom is -0.460 e. The second kappa shape index (κ2) is 65.1. The highest BCUT2D eigenvalue weighted by atomic mass is 32.2. The quantitative estimate of drug-likeness (QED) is 0.0415. The summed E-state index contributed by atoms with van der Waals surface area (Å²) in [6.07, 6.45) is 24.8. The van der Waals surface area contributed by atoms with Crippen molar-refractivity contribution in [1.82, 2.24) is 9.80 Å². The first-order valence-corrected chi connectivity index (χ1v) is 57.5. The van der Waals surface area contributed by atoms with Gasteiger partial charge in [0, 0.05) is 122 Å². The van der Waals surface area contributed by atoms with Crippen LogP contribution in [0.1, 0.15) is 286 Å². The predicted octanol–water partition coefficient (Wildman–Crippen LogP) is 18.0. The molecule has 6 heterocycles. The summed E-state index contributed by atoms with van der Waals surface area (Å²) in [6, 6.07) is -2.28. The summed E-state index contributed by atoms with van der Waals surface area (Å²) in [5.74, 6) is -15.8. The lowest BCUT2D eigenvalue weighted by Gasteiger charge is -2.42. The van der Waals surface area contributed by atoms with Crippen LogP contribution in [0.3, 0.4) is 0 Å². The Hall–Kier alpha value is -6.15. The second-order valence-electron chi connectivity index (χ2n) is 41.0. The third-order valence-corrected chi connectivity index (χ3v) is 33.8. The van der Waals surface area contributed by atoms with Crippen molar-refractivity contribution >= 4 is 85.8 Å². The number of amides is 2. The number of fused-ring (bicyclic) bond motifs is 6. The van der Waals surface area contributed by atoms with Crippen LogP contribution in [-0.4, -0.2) is 283 Å². The van der Waals surface area contributed by atoms with Crippen molar-refractivity contribution in [1.29, 1.82) is 0 Å². The summed E-state index contributed by atoms with van der Waals surface area (Å²) in [5, 5.41) is 57.5. The summed E-state index contributed by atoms with van der Waals surface area (Å²) < 4.78 is 81.1. The van der Waals surface area contributed by atoms with E-state index in [4.69, 9.17) is 47.4 Å². The number of allylic oxidation sites excluding steroid dienone is 12. The van der Waals surface area contributed by atoms with Crippen LogP contribution in [0.2, 0.25) is 0 Å². The molecule has 0 aromatic heterocycles. The molecule has 2 saturated carbocycles. The van der Waals surface area contributed by atoms with Crippen molar-refractivity contribution in [3.05, 3.63) is 95.2 Å². The first-order chi connectivity index (χ1) is 67.7. The van der Waals surface area contributed by atoms with Gasteiger partial charge in [-0.1, -0.05) is 179 Å². The highest BCUT2D eigenvalue weighted by Gasteiger charge is 2.56. The van der Waals surface area contributed by atoms with Gasteiger partial charge in [-0.3, -0.25) is 38.4 Å². The van der Waals surface area contributed by atoms with Crippen molar-refractivity contribution < 1.29 is 130 Å². The van der Waals surface area contributed by atoms with E-state index < -0.39 is 177 Å². The number of aliphatic hydroxyl groups excluding tert-OH is 3. The molecule has 6 fully saturated rings. The molecular weight excluding hydrogens is 1890 g/mol. The average molecular weight is 2070 g/mol. The standard InChI is InChI=1S/C53H83NO13PS.C51H79NO13.C3H8OP.2C2H6/c1-32-17-13-12-14-18-33(2)43(63-8)29-40-22-20-38(7)53(61,67-40)50(58)51(59)54-24-16-15-19-41(54)52(60)66-44(35(4)27-39-21-23-46(45(28-39)64-9)69-31-68(11)62)30-42(55)34(3)26-37(6)48(57)49(65-10)47(56)36(5)25-32;1-30-16-12-11-13-17-31(2)42(61-8)28-38-21-19-36(7)51(60,65-38)48(57)49(58)52-23-15-14-18-39(52)50(59)64-43(33(4)26-37-20-22-40(53)44(27-37)62-9)29-41(54)32(3)25-35(6)46(56)47(63-10)45(55)34(5)24-30;1-3-5(2)4;2*1-2/h12-14,17-18,26,32,34-36,38-41,43-46,48-49,57,61H,15-16,19-25,27-31H2,1-11H3;11-13,16-17,25,30,32-34,36-40,42-44,46-47,53,56,60H,14-15,18-24,26-29H2,1-10H3;3H2,1-2H3;2*1-2H3/q+1;;+1;;/b14-12?,17-13+,33-18?,37-26+;13-11?,16-12+,31-17?,35-25+;;;/t32-,34-,35-,36-,38-,39+,40+,41+,43+,44?,45-,46?,48-,49+,53-;30-,32-,33-,34-,36-,37+,38+,39+,40?,42+,43?,44-,46-,47+,51-;;;/m11.../s1. The number of nitrogens with zero attached hydrogens (tertiary/aromatic N) is 2. The number of cyclic esters (lactones) is 2. The summed E-state index contributed by atoms with van der Waals surface area (Å²) >= 11 is 1.67. The molecule has 2 aliphatic carbocycles. The molecule has 0 radical (unpaired) electrons. The van der Waals surface area contributed by atoms with Crippen molar-refractivity contribution in [2.75, 3.05) is 80.7 Å². The first-order valence-electron chi connectivity index (χ1n) is 52.7. The lowest BCUT2D eigenvalue weighted by atomic mass is 9.78. The third kappa shape index (κ3) is 39.3. The van der Waals surface area contributed by atoms with Crippen LogP contribution in [0.5, 0.6) is 0 Å². The molecule has 8 rings (SSSR count). The molecule has 4 saturated heterocycles. The summed E-state index contributed by atoms with van der Waals surface area (Å²) in [7, 11) is 7.03. The number of hydrogen-bond acceptors (Lipinski definition) is 28. The van der Waals surface area contributed by atoms with Gasteiger partial charge in [-0.25, -0.2) is 9.59 Å². The van der Waals surface area contributed by atoms with Crippen LogP contribution >= 0.6 is 27.4 Å². The van der Waals surface area contributed by atoms with E-state index in [1.54, 1.807) is 107 Å². The zero-order valence-corrected chi connectivity index (χ0v) is 93.9. The van der Waals surface area contributed by atoms with Gasteiger partial charge in [0.1, 0.15) is 79.8 Å². The molecule has 0 spiro atoms. The van der Waals surface area contributed by atoms with Crippen LogP contribution in [-0.2, 0) is 104 Å². The number of Topliss-reactive ketones (excluding diaryl/α,β-unsaturated/α-hetero) is 6. The predicted molar refractivity (Wildman–Crippen MR) is 561 cm³/mol. The van der Waals surface area contributed by atoms with E-state index in [-0.39, 0.29) is 115 Å². The van der Waals surface area contributed by atoms with Gasteiger partial charge >= 0.3 is 27.5 Å². The molecule has 29 nitrogen and oxygen atoms in total. The topological polar surface area (TPSA) is 405 Å². The molecule has 32 atom stereocenters. The fourth-order valence-electron chi connectivity index (χ4n) is 20.6. The Kier molecular flexibility index (Phi) is 58.8. The maximum absolute atomic E-state index is 14.5. The van der Waals surface area contributed by atoms with Gasteiger partial charge in [0.25, 0.3) is 23.4 Å². The number of methoxy groups -OCH3 is 6. The van der Waals surface area contributed by atoms with Crippen LogP contribution < -0.4 is 0 Å². The van der Waals surface area contributed by atoms with Gasteiger partial charge in [0.2, 0.25) is 11.6 Å². The van der Waals surface area contributed by atoms with Crippen molar-refractivity contribution in [2.24, 2.45) is 71.0 Å². The number of ether oxygens (including phenoxy) is 10. The molecule has 4 bridgehead atoms. The Morgan fingerprint density at radius 3 is 1.20 bits per heavy atom. The van der Waals surface area contributed by atoms with Crippen molar-refractivity contribution in [3.8, 4) is 0 Å². The number of piperidine rings is 2. The highest BCUT2D eigenvalue weighted by molar-refractivity contribution is 8.04. The molecule has 6 aliphatic heterocycles. The number of rotatable bonds is 16. The van der Waals surface area contributed by atoms with E-state index in [0.717, 1.165) is 43.0 Å². The number of carbonyl (C=O) groups is 10. The molecule has 5 N–H and O–H groups in total. The Morgan fingerprint density at radius 1 is 0.462 bits per heavy atom. The smallest absolute Gasteiger partial charge is 0.346 e. The van der Waals surface area contributed by atoms with Gasteiger partial charge in [-0.15, -0.1) is 11.8 Å². The largest absolute Gasteiger partial charge is 0.460 e. The minimum absolute atomic E-state index is 0.0179. The van der Waals surface area contributed by atoms with E-state index in [1.165, 1.54) is 24.0 Å². The fraction of sp³-hybridized carbons (Fsp3) is 0.766. The van der Waals surface area contributed by atoms with Gasteiger partial charge in [-0.05, 0) is 221 Å². The van der Waals surface area contributed by atoms with Gasteiger partial charge < -0.3 is 82.7 Å². The molecule has 0 aromatic carbocycles. The van der Waals surface area contributed by atoms with Gasteiger partial charge in [0.05, 0.1) is 42.7 Å². The van der Waals surface area contributed by atoms with Crippen LogP contribution in [0.25, 0.3) is 0 Å². The number of ketones is 6. The molecule has 0 aromatic rings.